The summed E-state index contributed by atoms with van der Waals surface area (Å²) in [6, 6.07) is -0.888. The highest BCUT2D eigenvalue weighted by molar-refractivity contribution is 7.59. The number of alkyl carbamates (subject to hydrolysis) is 1. The van der Waals surface area contributed by atoms with Crippen LogP contribution >= 0.6 is 13.5 Å². The molecule has 0 radical (unpaired) electrons. The van der Waals surface area contributed by atoms with Crippen LogP contribution in [0.2, 0.25) is 0 Å². The number of aliphatic carboxylic acids is 1. The third kappa shape index (κ3) is 10.9. The molecule has 0 saturated carbocycles. The fourth-order valence-corrected chi connectivity index (χ4v) is 1.45. The first-order valence-electron chi connectivity index (χ1n) is 6.70. The van der Waals surface area contributed by atoms with Crippen molar-refractivity contribution in [1.29, 1.82) is 0 Å². The normalized spacial score (nSPS) is 11.5. The molecule has 2 amide bonds. The molecule has 0 aliphatic carbocycles. The van der Waals surface area contributed by atoms with Crippen molar-refractivity contribution < 1.29 is 24.2 Å². The van der Waals surface area contributed by atoms with Gasteiger partial charge in [-0.05, 0) is 26.2 Å². The minimum Gasteiger partial charge on any atom is -0.480 e. The molecule has 0 rings (SSSR count). The van der Waals surface area contributed by atoms with Crippen molar-refractivity contribution >= 4 is 31.5 Å². The maximum atomic E-state index is 11.6. The van der Waals surface area contributed by atoms with Crippen molar-refractivity contribution in [2.75, 3.05) is 6.54 Å². The molecule has 21 heavy (non-hydrogen) atoms. The molecule has 0 bridgehead atoms. The summed E-state index contributed by atoms with van der Waals surface area (Å²) in [5.41, 5.74) is 0. The Morgan fingerprint density at radius 2 is 1.71 bits per heavy atom. The van der Waals surface area contributed by atoms with Crippen LogP contribution in [0.25, 0.3) is 0 Å². The summed E-state index contributed by atoms with van der Waals surface area (Å²) >= 11 is 0. The SMILES string of the molecule is CC(C)OC(=O)NCCCC(=O)NC(C(=O)O)C(C)C.S. The van der Waals surface area contributed by atoms with Gasteiger partial charge in [-0.3, -0.25) is 4.79 Å². The van der Waals surface area contributed by atoms with Crippen LogP contribution < -0.4 is 10.6 Å². The first-order chi connectivity index (χ1) is 9.23. The predicted molar refractivity (Wildman–Crippen MR) is 83.6 cm³/mol. The Hall–Kier alpha value is -1.44. The zero-order valence-corrected chi connectivity index (χ0v) is 13.9. The highest BCUT2D eigenvalue weighted by Gasteiger charge is 2.22. The second-order valence-corrected chi connectivity index (χ2v) is 5.11. The third-order valence-electron chi connectivity index (χ3n) is 2.44. The van der Waals surface area contributed by atoms with Crippen LogP contribution in [0.4, 0.5) is 4.79 Å². The van der Waals surface area contributed by atoms with Crippen LogP contribution in [0, 0.1) is 5.92 Å². The van der Waals surface area contributed by atoms with Crippen molar-refractivity contribution in [3.8, 4) is 0 Å². The largest absolute Gasteiger partial charge is 0.480 e. The van der Waals surface area contributed by atoms with E-state index in [-0.39, 0.29) is 37.8 Å². The molecule has 0 aliphatic rings. The molecule has 1 atom stereocenters. The summed E-state index contributed by atoms with van der Waals surface area (Å²) in [7, 11) is 0. The molecule has 8 heteroatoms. The Bertz CT molecular complexity index is 347. The number of nitrogens with one attached hydrogen (secondary N) is 2. The van der Waals surface area contributed by atoms with E-state index >= 15 is 0 Å². The standard InChI is InChI=1S/C13H24N2O5.H2S/c1-8(2)11(12(17)18)15-10(16)6-5-7-14-13(19)20-9(3)4;/h8-9,11H,5-7H2,1-4H3,(H,14,19)(H,15,16)(H,17,18);1H2. The van der Waals surface area contributed by atoms with E-state index in [1.165, 1.54) is 0 Å². The van der Waals surface area contributed by atoms with Gasteiger partial charge in [0.1, 0.15) is 6.04 Å². The average Bonchev–Trinajstić information content (AvgIpc) is 2.30. The highest BCUT2D eigenvalue weighted by Crippen LogP contribution is 2.02. The van der Waals surface area contributed by atoms with E-state index in [0.29, 0.717) is 13.0 Å². The summed E-state index contributed by atoms with van der Waals surface area (Å²) in [4.78, 5) is 33.6. The van der Waals surface area contributed by atoms with Crippen molar-refractivity contribution in [3.05, 3.63) is 0 Å². The topological polar surface area (TPSA) is 105 Å². The Morgan fingerprint density at radius 3 is 2.14 bits per heavy atom. The molecule has 7 nitrogen and oxygen atoms in total. The lowest BCUT2D eigenvalue weighted by atomic mass is 10.0. The number of ether oxygens (including phenoxy) is 1. The van der Waals surface area contributed by atoms with E-state index < -0.39 is 18.1 Å². The number of hydrogen-bond donors (Lipinski definition) is 3. The number of carbonyl (C=O) groups is 3. The minimum absolute atomic E-state index is 0. The summed E-state index contributed by atoms with van der Waals surface area (Å²) in [6.45, 7) is 7.24. The maximum absolute atomic E-state index is 11.6. The Morgan fingerprint density at radius 1 is 1.14 bits per heavy atom. The lowest BCUT2D eigenvalue weighted by Crippen LogP contribution is -2.44. The van der Waals surface area contributed by atoms with E-state index in [1.54, 1.807) is 27.7 Å². The second-order valence-electron chi connectivity index (χ2n) is 5.11. The van der Waals surface area contributed by atoms with Crippen molar-refractivity contribution in [2.24, 2.45) is 5.92 Å². The van der Waals surface area contributed by atoms with Crippen LogP contribution in [0.5, 0.6) is 0 Å². The average molecular weight is 322 g/mol. The number of rotatable bonds is 8. The lowest BCUT2D eigenvalue weighted by molar-refractivity contribution is -0.143. The van der Waals surface area contributed by atoms with Crippen molar-refractivity contribution in [2.45, 2.75) is 52.7 Å². The molecule has 0 heterocycles. The van der Waals surface area contributed by atoms with Crippen LogP contribution in [0.15, 0.2) is 0 Å². The first-order valence-corrected chi connectivity index (χ1v) is 6.70. The van der Waals surface area contributed by atoms with Crippen molar-refractivity contribution in [3.63, 3.8) is 0 Å². The maximum Gasteiger partial charge on any atom is 0.407 e. The second kappa shape index (κ2) is 11.2. The summed E-state index contributed by atoms with van der Waals surface area (Å²) in [6.07, 6.45) is -0.145. The van der Waals surface area contributed by atoms with Gasteiger partial charge in [-0.1, -0.05) is 13.8 Å². The quantitative estimate of drug-likeness (QED) is 0.583. The van der Waals surface area contributed by atoms with E-state index in [4.69, 9.17) is 9.84 Å². The number of amides is 2. The van der Waals surface area contributed by atoms with Gasteiger partial charge in [0.25, 0.3) is 0 Å². The van der Waals surface area contributed by atoms with Gasteiger partial charge in [-0.2, -0.15) is 13.5 Å². The monoisotopic (exact) mass is 322 g/mol. The smallest absolute Gasteiger partial charge is 0.407 e. The first kappa shape index (κ1) is 21.9. The van der Waals surface area contributed by atoms with Gasteiger partial charge >= 0.3 is 12.1 Å². The van der Waals surface area contributed by atoms with E-state index in [1.807, 2.05) is 0 Å². The predicted octanol–water partition coefficient (Wildman–Crippen LogP) is 1.24. The summed E-state index contributed by atoms with van der Waals surface area (Å²) in [5.74, 6) is -1.58. The van der Waals surface area contributed by atoms with Crippen LogP contribution in [0.1, 0.15) is 40.5 Å². The van der Waals surface area contributed by atoms with Gasteiger partial charge in [-0.25, -0.2) is 9.59 Å². The van der Waals surface area contributed by atoms with Gasteiger partial charge in [0.2, 0.25) is 5.91 Å². The van der Waals surface area contributed by atoms with Crippen LogP contribution in [0.3, 0.4) is 0 Å². The third-order valence-corrected chi connectivity index (χ3v) is 2.44. The van der Waals surface area contributed by atoms with Crippen LogP contribution in [-0.4, -0.2) is 41.8 Å². The van der Waals surface area contributed by atoms with E-state index in [9.17, 15) is 14.4 Å². The molecule has 124 valence electrons. The molecule has 0 saturated heterocycles. The number of carboxylic acids is 1. The summed E-state index contributed by atoms with van der Waals surface area (Å²) < 4.78 is 4.86. The Kier molecular flexibility index (Phi) is 11.7. The molecule has 0 aromatic carbocycles. The molecule has 1 unspecified atom stereocenters. The van der Waals surface area contributed by atoms with Gasteiger partial charge < -0.3 is 20.5 Å². The molecule has 0 spiro atoms. The lowest BCUT2D eigenvalue weighted by Gasteiger charge is -2.17. The molecule has 0 aliphatic heterocycles. The number of carboxylic acid groups (broad SMARTS) is 1. The molecule has 0 aromatic rings. The molecule has 3 N–H and O–H groups in total. The molecular formula is C13H26N2O5S. The highest BCUT2D eigenvalue weighted by atomic mass is 32.1. The van der Waals surface area contributed by atoms with E-state index in [2.05, 4.69) is 10.6 Å². The van der Waals surface area contributed by atoms with Gasteiger partial charge in [0, 0.05) is 13.0 Å². The minimum atomic E-state index is -1.05. The zero-order chi connectivity index (χ0) is 15.7. The zero-order valence-electron chi connectivity index (χ0n) is 12.9. The molecule has 0 fully saturated rings. The fraction of sp³-hybridized carbons (Fsp3) is 0.769. The van der Waals surface area contributed by atoms with Crippen LogP contribution in [-0.2, 0) is 14.3 Å². The number of hydrogen-bond acceptors (Lipinski definition) is 4. The molecule has 0 aromatic heterocycles. The Balaban J connectivity index is 0. The fourth-order valence-electron chi connectivity index (χ4n) is 1.45. The molecular weight excluding hydrogens is 296 g/mol. The Labute approximate surface area is 132 Å². The van der Waals surface area contributed by atoms with E-state index in [0.717, 1.165) is 0 Å². The van der Waals surface area contributed by atoms with Gasteiger partial charge in [-0.15, -0.1) is 0 Å². The van der Waals surface area contributed by atoms with Crippen molar-refractivity contribution in [1.82, 2.24) is 10.6 Å². The number of carbonyl (C=O) groups excluding carboxylic acids is 2. The van der Waals surface area contributed by atoms with Gasteiger partial charge in [0.05, 0.1) is 6.10 Å². The summed E-state index contributed by atoms with van der Waals surface area (Å²) in [5, 5.41) is 13.9. The van der Waals surface area contributed by atoms with Gasteiger partial charge in [0.15, 0.2) is 0 Å².